The molecule has 3 aliphatic heterocycles. The van der Waals surface area contributed by atoms with E-state index in [1.807, 2.05) is 4.90 Å². The maximum absolute atomic E-state index is 12.4. The van der Waals surface area contributed by atoms with Crippen LogP contribution in [0.1, 0.15) is 20.3 Å². The molecule has 0 aromatic rings. The molecule has 2 fully saturated rings. The first-order valence-corrected chi connectivity index (χ1v) is 9.37. The van der Waals surface area contributed by atoms with Crippen molar-refractivity contribution in [3.05, 3.63) is 12.2 Å². The third-order valence-corrected chi connectivity index (χ3v) is 5.14. The van der Waals surface area contributed by atoms with E-state index in [2.05, 4.69) is 41.1 Å². The lowest BCUT2D eigenvalue weighted by molar-refractivity contribution is -0.0293. The highest BCUT2D eigenvalue weighted by molar-refractivity contribution is 5.74. The summed E-state index contributed by atoms with van der Waals surface area (Å²) in [5.74, 6) is 0.667. The van der Waals surface area contributed by atoms with E-state index in [-0.39, 0.29) is 12.1 Å². The van der Waals surface area contributed by atoms with Gasteiger partial charge in [-0.3, -0.25) is 9.80 Å². The van der Waals surface area contributed by atoms with Gasteiger partial charge in [0.25, 0.3) is 0 Å². The third kappa shape index (κ3) is 4.71. The average molecular weight is 336 g/mol. The number of nitrogens with zero attached hydrogens (tertiary/aromatic N) is 3. The lowest BCUT2D eigenvalue weighted by Crippen LogP contribution is -2.50. The summed E-state index contributed by atoms with van der Waals surface area (Å²) >= 11 is 0. The van der Waals surface area contributed by atoms with Crippen molar-refractivity contribution in [2.75, 3.05) is 59.0 Å². The van der Waals surface area contributed by atoms with Crippen LogP contribution in [0.3, 0.4) is 0 Å². The lowest BCUT2D eigenvalue weighted by atomic mass is 10.2. The summed E-state index contributed by atoms with van der Waals surface area (Å²) in [7, 11) is 0. The van der Waals surface area contributed by atoms with Gasteiger partial charge in [-0.25, -0.2) is 4.79 Å². The van der Waals surface area contributed by atoms with Crippen LogP contribution in [0.4, 0.5) is 4.79 Å². The van der Waals surface area contributed by atoms with Crippen molar-refractivity contribution in [1.82, 2.24) is 20.0 Å². The van der Waals surface area contributed by atoms with E-state index in [9.17, 15) is 4.79 Å². The highest BCUT2D eigenvalue weighted by atomic mass is 16.5. The van der Waals surface area contributed by atoms with Crippen molar-refractivity contribution < 1.29 is 9.53 Å². The van der Waals surface area contributed by atoms with Gasteiger partial charge in [-0.1, -0.05) is 26.0 Å². The molecule has 0 aromatic carbocycles. The predicted octanol–water partition coefficient (Wildman–Crippen LogP) is 0.999. The highest BCUT2D eigenvalue weighted by Crippen LogP contribution is 2.17. The van der Waals surface area contributed by atoms with Crippen molar-refractivity contribution in [3.63, 3.8) is 0 Å². The van der Waals surface area contributed by atoms with Crippen LogP contribution in [0.25, 0.3) is 0 Å². The van der Waals surface area contributed by atoms with Gasteiger partial charge < -0.3 is 15.0 Å². The largest absolute Gasteiger partial charge is 0.374 e. The molecule has 0 saturated carbocycles. The molecule has 6 heteroatoms. The molecule has 2 atom stereocenters. The zero-order valence-electron chi connectivity index (χ0n) is 15.1. The quantitative estimate of drug-likeness (QED) is 0.761. The standard InChI is InChI=1S/C18H32N4O2/c1-15(2)12-20-9-10-24-17(14-20)11-19-18(23)22-8-5-16(13-22)21-6-3-4-7-21/h3-4,15-17H,5-14H2,1-2H3,(H,19,23)/t16-,17+/m1/s1. The molecule has 2 saturated heterocycles. The molecule has 3 heterocycles. The van der Waals surface area contributed by atoms with Gasteiger partial charge in [0.15, 0.2) is 0 Å². The first-order chi connectivity index (χ1) is 11.6. The molecule has 0 bridgehead atoms. The van der Waals surface area contributed by atoms with E-state index in [0.29, 0.717) is 18.5 Å². The molecular weight excluding hydrogens is 304 g/mol. The Labute approximate surface area is 145 Å². The number of ether oxygens (including phenoxy) is 1. The predicted molar refractivity (Wildman–Crippen MR) is 95.1 cm³/mol. The first kappa shape index (κ1) is 17.7. The summed E-state index contributed by atoms with van der Waals surface area (Å²) in [4.78, 5) is 19.3. The van der Waals surface area contributed by atoms with Gasteiger partial charge in [0, 0.05) is 58.4 Å². The number of amides is 2. The molecule has 0 radical (unpaired) electrons. The highest BCUT2D eigenvalue weighted by Gasteiger charge is 2.31. The summed E-state index contributed by atoms with van der Waals surface area (Å²) < 4.78 is 5.81. The number of rotatable bonds is 5. The fraction of sp³-hybridized carbons (Fsp3) is 0.833. The molecule has 6 nitrogen and oxygen atoms in total. The number of nitrogens with one attached hydrogen (secondary N) is 1. The molecule has 1 N–H and O–H groups in total. The number of hydrogen-bond donors (Lipinski definition) is 1. The fourth-order valence-corrected chi connectivity index (χ4v) is 3.92. The first-order valence-electron chi connectivity index (χ1n) is 9.37. The van der Waals surface area contributed by atoms with Gasteiger partial charge in [-0.2, -0.15) is 0 Å². The van der Waals surface area contributed by atoms with Crippen molar-refractivity contribution in [1.29, 1.82) is 0 Å². The molecular formula is C18H32N4O2. The second-order valence-electron chi connectivity index (χ2n) is 7.65. The van der Waals surface area contributed by atoms with E-state index in [1.54, 1.807) is 0 Å². The maximum atomic E-state index is 12.4. The second-order valence-corrected chi connectivity index (χ2v) is 7.65. The number of likely N-dealkylation sites (tertiary alicyclic amines) is 1. The van der Waals surface area contributed by atoms with Crippen molar-refractivity contribution >= 4 is 6.03 Å². The van der Waals surface area contributed by atoms with Crippen LogP contribution in [0.15, 0.2) is 12.2 Å². The lowest BCUT2D eigenvalue weighted by Gasteiger charge is -2.34. The minimum atomic E-state index is 0.0641. The molecule has 136 valence electrons. The second kappa shape index (κ2) is 8.32. The van der Waals surface area contributed by atoms with Crippen LogP contribution in [-0.2, 0) is 4.74 Å². The number of morpholine rings is 1. The topological polar surface area (TPSA) is 48.1 Å². The summed E-state index contributed by atoms with van der Waals surface area (Å²) in [5.41, 5.74) is 0. The smallest absolute Gasteiger partial charge is 0.317 e. The monoisotopic (exact) mass is 336 g/mol. The minimum Gasteiger partial charge on any atom is -0.374 e. The van der Waals surface area contributed by atoms with Crippen LogP contribution < -0.4 is 5.32 Å². The molecule has 3 aliphatic rings. The van der Waals surface area contributed by atoms with E-state index >= 15 is 0 Å². The van der Waals surface area contributed by atoms with Gasteiger partial charge in [-0.05, 0) is 12.3 Å². The van der Waals surface area contributed by atoms with Gasteiger partial charge in [0.1, 0.15) is 0 Å². The van der Waals surface area contributed by atoms with Crippen molar-refractivity contribution in [2.45, 2.75) is 32.4 Å². The zero-order chi connectivity index (χ0) is 16.9. The molecule has 0 spiro atoms. The van der Waals surface area contributed by atoms with Crippen LogP contribution in [0.2, 0.25) is 0 Å². The van der Waals surface area contributed by atoms with Crippen molar-refractivity contribution in [2.24, 2.45) is 5.92 Å². The Bertz CT molecular complexity index is 446. The fourth-order valence-electron chi connectivity index (χ4n) is 3.92. The van der Waals surface area contributed by atoms with Crippen LogP contribution >= 0.6 is 0 Å². The third-order valence-electron chi connectivity index (χ3n) is 5.14. The van der Waals surface area contributed by atoms with Crippen molar-refractivity contribution in [3.8, 4) is 0 Å². The Morgan fingerprint density at radius 1 is 1.25 bits per heavy atom. The molecule has 2 amide bonds. The van der Waals surface area contributed by atoms with Crippen LogP contribution in [-0.4, -0.2) is 91.8 Å². The van der Waals surface area contributed by atoms with E-state index in [0.717, 1.165) is 58.8 Å². The molecule has 0 unspecified atom stereocenters. The number of urea groups is 1. The molecule has 0 aromatic heterocycles. The van der Waals surface area contributed by atoms with E-state index < -0.39 is 0 Å². The Balaban J connectivity index is 1.38. The Hall–Kier alpha value is -1.11. The Morgan fingerprint density at radius 2 is 2.04 bits per heavy atom. The summed E-state index contributed by atoms with van der Waals surface area (Å²) in [6.07, 6.45) is 5.62. The van der Waals surface area contributed by atoms with Gasteiger partial charge >= 0.3 is 6.03 Å². The van der Waals surface area contributed by atoms with Gasteiger partial charge in [0.05, 0.1) is 12.7 Å². The zero-order valence-corrected chi connectivity index (χ0v) is 15.1. The van der Waals surface area contributed by atoms with E-state index in [4.69, 9.17) is 4.74 Å². The van der Waals surface area contributed by atoms with Crippen LogP contribution in [0, 0.1) is 5.92 Å². The number of hydrogen-bond acceptors (Lipinski definition) is 4. The molecule has 24 heavy (non-hydrogen) atoms. The van der Waals surface area contributed by atoms with Gasteiger partial charge in [0.2, 0.25) is 0 Å². The summed E-state index contributed by atoms with van der Waals surface area (Å²) in [5, 5.41) is 3.08. The Morgan fingerprint density at radius 3 is 2.79 bits per heavy atom. The average Bonchev–Trinajstić information content (AvgIpc) is 3.23. The Kier molecular flexibility index (Phi) is 6.14. The summed E-state index contributed by atoms with van der Waals surface area (Å²) in [6.45, 7) is 12.6. The normalized spacial score (nSPS) is 28.9. The number of carbonyl (C=O) groups is 1. The number of carbonyl (C=O) groups excluding carboxylic acids is 1. The SMILES string of the molecule is CC(C)CN1CCO[C@@H](CNC(=O)N2CC[C@@H](N3CC=CC3)C2)C1. The maximum Gasteiger partial charge on any atom is 0.317 e. The van der Waals surface area contributed by atoms with Gasteiger partial charge in [-0.15, -0.1) is 0 Å². The summed E-state index contributed by atoms with van der Waals surface area (Å²) in [6, 6.07) is 0.576. The molecule has 0 aliphatic carbocycles. The van der Waals surface area contributed by atoms with E-state index in [1.165, 1.54) is 0 Å². The molecule has 3 rings (SSSR count). The minimum absolute atomic E-state index is 0.0641. The van der Waals surface area contributed by atoms with Crippen LogP contribution in [0.5, 0.6) is 0 Å².